The third-order valence-electron chi connectivity index (χ3n) is 7.12. The molecule has 0 spiro atoms. The minimum atomic E-state index is -0.694. The van der Waals surface area contributed by atoms with Crippen LogP contribution in [0.5, 0.6) is 5.75 Å². The van der Waals surface area contributed by atoms with Crippen molar-refractivity contribution in [1.82, 2.24) is 4.90 Å². The summed E-state index contributed by atoms with van der Waals surface area (Å²) in [4.78, 5) is 13.5. The number of hydrogen-bond donors (Lipinski definition) is 1. The van der Waals surface area contributed by atoms with E-state index < -0.39 is 5.97 Å². The Morgan fingerprint density at radius 2 is 1.90 bits per heavy atom. The summed E-state index contributed by atoms with van der Waals surface area (Å²) in [5.41, 5.74) is 1.21. The van der Waals surface area contributed by atoms with Gasteiger partial charge in [0.15, 0.2) is 0 Å². The molecule has 1 atom stereocenters. The fourth-order valence-corrected chi connectivity index (χ4v) is 5.57. The Bertz CT molecular complexity index is 907. The Hall–Kier alpha value is -1.78. The molecule has 0 bridgehead atoms. The van der Waals surface area contributed by atoms with Crippen molar-refractivity contribution in [3.8, 4) is 5.75 Å². The highest BCUT2D eigenvalue weighted by Crippen LogP contribution is 2.37. The van der Waals surface area contributed by atoms with E-state index in [0.29, 0.717) is 5.02 Å². The van der Waals surface area contributed by atoms with Gasteiger partial charge in [-0.15, -0.1) is 0 Å². The number of likely N-dealkylation sites (tertiary alicyclic amines) is 1. The van der Waals surface area contributed by atoms with Crippen molar-refractivity contribution in [3.05, 3.63) is 40.9 Å². The minimum Gasteiger partial charge on any atom is -0.489 e. The Morgan fingerprint density at radius 1 is 1.13 bits per heavy atom. The number of carbonyl (C=O) groups is 1. The second-order valence-corrected chi connectivity index (χ2v) is 9.82. The van der Waals surface area contributed by atoms with Gasteiger partial charge in [0, 0.05) is 24.9 Å². The molecular weight excluding hydrogens is 410 g/mol. The molecule has 5 heteroatoms. The van der Waals surface area contributed by atoms with Gasteiger partial charge in [0.2, 0.25) is 0 Å². The number of benzene rings is 2. The first-order chi connectivity index (χ1) is 15.0. The summed E-state index contributed by atoms with van der Waals surface area (Å²) in [5.74, 6) is 1.20. The maximum Gasteiger partial charge on any atom is 0.303 e. The van der Waals surface area contributed by atoms with Crippen LogP contribution in [0.15, 0.2) is 30.3 Å². The first-order valence-corrected chi connectivity index (χ1v) is 12.2. The van der Waals surface area contributed by atoms with Crippen LogP contribution >= 0.6 is 11.6 Å². The zero-order valence-electron chi connectivity index (χ0n) is 18.5. The van der Waals surface area contributed by atoms with E-state index in [1.54, 1.807) is 0 Å². The normalized spacial score (nSPS) is 24.9. The van der Waals surface area contributed by atoms with Crippen molar-refractivity contribution >= 4 is 28.3 Å². The maximum atomic E-state index is 11.1. The fraction of sp³-hybridized carbons (Fsp3) is 0.577. The first-order valence-electron chi connectivity index (χ1n) is 11.8. The van der Waals surface area contributed by atoms with Crippen molar-refractivity contribution in [2.24, 2.45) is 11.8 Å². The average Bonchev–Trinajstić information content (AvgIpc) is 2.76. The third kappa shape index (κ3) is 5.72. The summed E-state index contributed by atoms with van der Waals surface area (Å²) < 4.78 is 6.33. The first kappa shape index (κ1) is 22.4. The summed E-state index contributed by atoms with van der Waals surface area (Å²) in [5, 5.41) is 12.0. The fourth-order valence-electron chi connectivity index (χ4n) is 5.30. The van der Waals surface area contributed by atoms with Crippen LogP contribution in [-0.4, -0.2) is 35.2 Å². The molecular formula is C26H34ClNO3. The zero-order valence-corrected chi connectivity index (χ0v) is 19.2. The lowest BCUT2D eigenvalue weighted by atomic mass is 9.86. The van der Waals surface area contributed by atoms with Gasteiger partial charge in [-0.2, -0.15) is 0 Å². The van der Waals surface area contributed by atoms with Crippen LogP contribution in [0.4, 0.5) is 0 Å². The Kier molecular flexibility index (Phi) is 7.39. The smallest absolute Gasteiger partial charge is 0.303 e. The van der Waals surface area contributed by atoms with Gasteiger partial charge in [0.05, 0.1) is 11.1 Å². The van der Waals surface area contributed by atoms with E-state index in [0.717, 1.165) is 67.8 Å². The number of halogens is 1. The summed E-state index contributed by atoms with van der Waals surface area (Å²) in [6.45, 7) is 4.97. The third-order valence-corrected chi connectivity index (χ3v) is 7.51. The predicted octanol–water partition coefficient (Wildman–Crippen LogP) is 6.53. The van der Waals surface area contributed by atoms with Gasteiger partial charge < -0.3 is 9.84 Å². The topological polar surface area (TPSA) is 49.8 Å². The van der Waals surface area contributed by atoms with Gasteiger partial charge >= 0.3 is 5.97 Å². The molecule has 1 N–H and O–H groups in total. The molecule has 4 nitrogen and oxygen atoms in total. The van der Waals surface area contributed by atoms with Crippen LogP contribution < -0.4 is 4.74 Å². The van der Waals surface area contributed by atoms with Crippen LogP contribution in [0.2, 0.25) is 5.02 Å². The molecule has 2 aromatic carbocycles. The molecule has 1 aliphatic heterocycles. The Morgan fingerprint density at radius 3 is 2.65 bits per heavy atom. The molecule has 0 aromatic heterocycles. The summed E-state index contributed by atoms with van der Waals surface area (Å²) in [7, 11) is 0. The van der Waals surface area contributed by atoms with E-state index in [9.17, 15) is 4.79 Å². The Balaban J connectivity index is 1.45. The Labute approximate surface area is 190 Å². The molecule has 4 rings (SSSR count). The minimum absolute atomic E-state index is 0.248. The molecule has 168 valence electrons. The average molecular weight is 444 g/mol. The number of ether oxygens (including phenoxy) is 1. The van der Waals surface area contributed by atoms with Gasteiger partial charge in [0.1, 0.15) is 5.75 Å². The van der Waals surface area contributed by atoms with Crippen molar-refractivity contribution < 1.29 is 14.6 Å². The molecule has 2 fully saturated rings. The van der Waals surface area contributed by atoms with E-state index in [-0.39, 0.29) is 18.4 Å². The van der Waals surface area contributed by atoms with Gasteiger partial charge in [-0.3, -0.25) is 9.69 Å². The number of aliphatic carboxylic acids is 1. The van der Waals surface area contributed by atoms with E-state index in [1.165, 1.54) is 24.8 Å². The lowest BCUT2D eigenvalue weighted by molar-refractivity contribution is -0.138. The maximum absolute atomic E-state index is 11.1. The summed E-state index contributed by atoms with van der Waals surface area (Å²) in [6, 6.07) is 10.6. The standard InChI is InChI=1S/C26H34ClNO3/c1-2-18-6-10-22(11-7-18)31-24-12-9-21-8-5-20(14-23(21)26(24)27)17-28-13-3-4-19(16-28)15-25(29)30/h5,8-9,12,14,18-19,22H,2-4,6-7,10-11,13,15-17H2,1H3,(H,29,30). The second kappa shape index (κ2) is 10.2. The molecule has 2 aliphatic rings. The number of rotatable bonds is 7. The van der Waals surface area contributed by atoms with E-state index in [2.05, 4.69) is 36.1 Å². The van der Waals surface area contributed by atoms with Gasteiger partial charge in [-0.1, -0.05) is 43.1 Å². The zero-order chi connectivity index (χ0) is 21.8. The number of hydrogen-bond acceptors (Lipinski definition) is 3. The number of nitrogens with zero attached hydrogens (tertiary/aromatic N) is 1. The van der Waals surface area contributed by atoms with E-state index in [1.807, 2.05) is 6.07 Å². The van der Waals surface area contributed by atoms with Crippen LogP contribution in [0.25, 0.3) is 10.8 Å². The van der Waals surface area contributed by atoms with Gasteiger partial charge in [-0.05, 0) is 80.0 Å². The SMILES string of the molecule is CCC1CCC(Oc2ccc3ccc(CN4CCCC(CC(=O)O)C4)cc3c2Cl)CC1. The second-order valence-electron chi connectivity index (χ2n) is 9.44. The highest BCUT2D eigenvalue weighted by atomic mass is 35.5. The van der Waals surface area contributed by atoms with Crippen molar-refractivity contribution in [3.63, 3.8) is 0 Å². The molecule has 2 aromatic rings. The van der Waals surface area contributed by atoms with E-state index in [4.69, 9.17) is 21.4 Å². The summed E-state index contributed by atoms with van der Waals surface area (Å²) in [6.07, 6.45) is 8.57. The molecule has 1 aliphatic carbocycles. The van der Waals surface area contributed by atoms with Crippen LogP contribution in [0.1, 0.15) is 63.9 Å². The number of carboxylic acid groups (broad SMARTS) is 1. The molecule has 0 radical (unpaired) electrons. The number of fused-ring (bicyclic) bond motifs is 1. The molecule has 31 heavy (non-hydrogen) atoms. The van der Waals surface area contributed by atoms with Crippen molar-refractivity contribution in [2.75, 3.05) is 13.1 Å². The van der Waals surface area contributed by atoms with Gasteiger partial charge in [-0.25, -0.2) is 0 Å². The van der Waals surface area contributed by atoms with Crippen molar-refractivity contribution in [1.29, 1.82) is 0 Å². The largest absolute Gasteiger partial charge is 0.489 e. The van der Waals surface area contributed by atoms with Crippen LogP contribution in [-0.2, 0) is 11.3 Å². The highest BCUT2D eigenvalue weighted by Gasteiger charge is 2.23. The molecule has 1 heterocycles. The molecule has 1 saturated carbocycles. The molecule has 0 amide bonds. The number of carboxylic acids is 1. The van der Waals surface area contributed by atoms with Crippen LogP contribution in [0.3, 0.4) is 0 Å². The quantitative estimate of drug-likeness (QED) is 0.528. The van der Waals surface area contributed by atoms with Crippen LogP contribution in [0, 0.1) is 11.8 Å². The lowest BCUT2D eigenvalue weighted by Gasteiger charge is -2.32. The van der Waals surface area contributed by atoms with E-state index >= 15 is 0 Å². The van der Waals surface area contributed by atoms with Crippen molar-refractivity contribution in [2.45, 2.75) is 70.9 Å². The van der Waals surface area contributed by atoms with Gasteiger partial charge in [0.25, 0.3) is 0 Å². The lowest BCUT2D eigenvalue weighted by Crippen LogP contribution is -2.35. The predicted molar refractivity (Wildman–Crippen MR) is 126 cm³/mol. The molecule has 1 saturated heterocycles. The monoisotopic (exact) mass is 443 g/mol. The highest BCUT2D eigenvalue weighted by molar-refractivity contribution is 6.37. The summed E-state index contributed by atoms with van der Waals surface area (Å²) >= 11 is 6.81. The molecule has 1 unspecified atom stereocenters. The number of piperidine rings is 1.